The van der Waals surface area contributed by atoms with E-state index >= 15 is 0 Å². The van der Waals surface area contributed by atoms with E-state index in [1.54, 1.807) is 12.0 Å². The molecule has 0 saturated carbocycles. The van der Waals surface area contributed by atoms with E-state index in [2.05, 4.69) is 5.32 Å². The summed E-state index contributed by atoms with van der Waals surface area (Å²) in [6.07, 6.45) is 0.491. The lowest BCUT2D eigenvalue weighted by molar-refractivity contribution is -0.132. The highest BCUT2D eigenvalue weighted by Crippen LogP contribution is 2.33. The molecule has 0 aromatic heterocycles. The highest BCUT2D eigenvalue weighted by molar-refractivity contribution is 6.02. The molecule has 2 amide bonds. The number of nitrogens with one attached hydrogen (secondary N) is 1. The van der Waals surface area contributed by atoms with E-state index in [0.29, 0.717) is 18.5 Å². The van der Waals surface area contributed by atoms with Crippen molar-refractivity contribution in [3.05, 3.63) is 65.2 Å². The lowest BCUT2D eigenvalue weighted by Gasteiger charge is -2.46. The van der Waals surface area contributed by atoms with Crippen LogP contribution in [-0.2, 0) is 17.8 Å². The Morgan fingerprint density at radius 1 is 1.19 bits per heavy atom. The van der Waals surface area contributed by atoms with Gasteiger partial charge in [0.25, 0.3) is 5.91 Å². The first-order valence-corrected chi connectivity index (χ1v) is 9.20. The number of benzene rings is 2. The van der Waals surface area contributed by atoms with Gasteiger partial charge in [0.05, 0.1) is 7.11 Å². The van der Waals surface area contributed by atoms with Gasteiger partial charge in [0, 0.05) is 30.1 Å². The summed E-state index contributed by atoms with van der Waals surface area (Å²) in [6, 6.07) is 15.0. The van der Waals surface area contributed by atoms with Gasteiger partial charge in [0.2, 0.25) is 5.91 Å². The normalized spacial score (nSPS) is 19.0. The molecular weight excluding hydrogens is 340 g/mol. The zero-order valence-corrected chi connectivity index (χ0v) is 16.3. The van der Waals surface area contributed by atoms with Crippen LogP contribution in [0.25, 0.3) is 0 Å². The smallest absolute Gasteiger partial charge is 0.255 e. The van der Waals surface area contributed by atoms with Crippen molar-refractivity contribution in [1.29, 1.82) is 0 Å². The second-order valence-corrected chi connectivity index (χ2v) is 7.37. The Kier molecular flexibility index (Phi) is 5.22. The maximum absolute atomic E-state index is 13.2. The van der Waals surface area contributed by atoms with Gasteiger partial charge in [-0.3, -0.25) is 9.59 Å². The van der Waals surface area contributed by atoms with Crippen LogP contribution in [0.3, 0.4) is 0 Å². The summed E-state index contributed by atoms with van der Waals surface area (Å²) in [5.74, 6) is 0.473. The average molecular weight is 366 g/mol. The van der Waals surface area contributed by atoms with Gasteiger partial charge in [-0.2, -0.15) is 0 Å². The molecule has 27 heavy (non-hydrogen) atoms. The van der Waals surface area contributed by atoms with Crippen LogP contribution < -0.4 is 10.1 Å². The van der Waals surface area contributed by atoms with Gasteiger partial charge in [0.15, 0.2) is 0 Å². The van der Waals surface area contributed by atoms with E-state index in [1.165, 1.54) is 0 Å². The van der Waals surface area contributed by atoms with Gasteiger partial charge in [0.1, 0.15) is 11.3 Å². The molecule has 1 atom stereocenters. The van der Waals surface area contributed by atoms with E-state index in [-0.39, 0.29) is 17.9 Å². The monoisotopic (exact) mass is 366 g/mol. The summed E-state index contributed by atoms with van der Waals surface area (Å²) in [6.45, 7) is 6.08. The molecule has 1 aliphatic heterocycles. The fraction of sp³-hybridized carbons (Fsp3) is 0.364. The van der Waals surface area contributed by atoms with Crippen LogP contribution in [0.2, 0.25) is 0 Å². The Morgan fingerprint density at radius 2 is 1.85 bits per heavy atom. The minimum absolute atomic E-state index is 0.0899. The predicted octanol–water partition coefficient (Wildman–Crippen LogP) is 3.18. The number of hydrogen-bond acceptors (Lipinski definition) is 3. The van der Waals surface area contributed by atoms with Gasteiger partial charge in [-0.25, -0.2) is 0 Å². The van der Waals surface area contributed by atoms with Crippen molar-refractivity contribution in [2.75, 3.05) is 7.11 Å². The van der Waals surface area contributed by atoms with Gasteiger partial charge in [-0.15, -0.1) is 0 Å². The summed E-state index contributed by atoms with van der Waals surface area (Å²) >= 11 is 0. The van der Waals surface area contributed by atoms with Crippen LogP contribution in [-0.4, -0.2) is 35.4 Å². The third-order valence-electron chi connectivity index (χ3n) is 5.17. The number of para-hydroxylation sites is 1. The van der Waals surface area contributed by atoms with E-state index < -0.39 is 5.54 Å². The number of amides is 2. The Bertz CT molecular complexity index is 862. The number of carbonyl (C=O) groups excluding carboxylic acids is 2. The highest BCUT2D eigenvalue weighted by atomic mass is 16.5. The molecule has 5 heteroatoms. The molecule has 1 unspecified atom stereocenters. The van der Waals surface area contributed by atoms with Crippen molar-refractivity contribution in [3.8, 4) is 5.75 Å². The third kappa shape index (κ3) is 3.42. The van der Waals surface area contributed by atoms with Crippen molar-refractivity contribution in [2.45, 2.75) is 45.3 Å². The molecule has 142 valence electrons. The average Bonchev–Trinajstić information content (AvgIpc) is 2.66. The summed E-state index contributed by atoms with van der Waals surface area (Å²) in [5.41, 5.74) is 1.55. The van der Waals surface area contributed by atoms with Crippen molar-refractivity contribution in [2.24, 2.45) is 0 Å². The van der Waals surface area contributed by atoms with Crippen molar-refractivity contribution in [3.63, 3.8) is 0 Å². The number of nitrogens with zero attached hydrogens (tertiary/aromatic N) is 1. The minimum Gasteiger partial charge on any atom is -0.496 e. The molecule has 0 bridgehead atoms. The van der Waals surface area contributed by atoms with Gasteiger partial charge in [-0.05, 0) is 38.5 Å². The van der Waals surface area contributed by atoms with Crippen molar-refractivity contribution in [1.82, 2.24) is 10.2 Å². The molecule has 2 aromatic carbocycles. The van der Waals surface area contributed by atoms with Crippen LogP contribution >= 0.6 is 0 Å². The number of rotatable bonds is 5. The highest BCUT2D eigenvalue weighted by Gasteiger charge is 2.47. The standard InChI is InChI=1S/C22H26N2O3/c1-15(2)24-20(25)18-11-7-5-9-16(18)13-22(24,3)21(26)23-14-17-10-6-8-12-19(17)27-4/h5-12,15H,13-14H2,1-4H3,(H,23,26). The van der Waals surface area contributed by atoms with Crippen LogP contribution in [0, 0.1) is 0 Å². The molecule has 0 aliphatic carbocycles. The largest absolute Gasteiger partial charge is 0.496 e. The number of carbonyl (C=O) groups is 2. The second kappa shape index (κ2) is 7.43. The fourth-order valence-electron chi connectivity index (χ4n) is 3.90. The first-order valence-electron chi connectivity index (χ1n) is 9.20. The van der Waals surface area contributed by atoms with Crippen LogP contribution in [0.4, 0.5) is 0 Å². The van der Waals surface area contributed by atoms with Gasteiger partial charge in [-0.1, -0.05) is 36.4 Å². The van der Waals surface area contributed by atoms with Crippen LogP contribution in [0.1, 0.15) is 42.3 Å². The number of ether oxygens (including phenoxy) is 1. The molecule has 0 spiro atoms. The SMILES string of the molecule is COc1ccccc1CNC(=O)C1(C)Cc2ccccc2C(=O)N1C(C)C. The zero-order chi connectivity index (χ0) is 19.6. The zero-order valence-electron chi connectivity index (χ0n) is 16.3. The fourth-order valence-corrected chi connectivity index (χ4v) is 3.90. The summed E-state index contributed by atoms with van der Waals surface area (Å²) in [4.78, 5) is 28.0. The van der Waals surface area contributed by atoms with Crippen molar-refractivity contribution >= 4 is 11.8 Å². The third-order valence-corrected chi connectivity index (χ3v) is 5.17. The predicted molar refractivity (Wildman–Crippen MR) is 105 cm³/mol. The maximum atomic E-state index is 13.2. The lowest BCUT2D eigenvalue weighted by atomic mass is 9.82. The van der Waals surface area contributed by atoms with Crippen molar-refractivity contribution < 1.29 is 14.3 Å². The molecular formula is C22H26N2O3. The Morgan fingerprint density at radius 3 is 2.56 bits per heavy atom. The summed E-state index contributed by atoms with van der Waals surface area (Å²) in [7, 11) is 1.61. The van der Waals surface area contributed by atoms with Crippen LogP contribution in [0.5, 0.6) is 5.75 Å². The first kappa shape index (κ1) is 19.0. The topological polar surface area (TPSA) is 58.6 Å². The Labute approximate surface area is 160 Å². The molecule has 0 saturated heterocycles. The van der Waals surface area contributed by atoms with E-state index in [1.807, 2.05) is 69.3 Å². The molecule has 3 rings (SSSR count). The van der Waals surface area contributed by atoms with Gasteiger partial charge < -0.3 is 15.0 Å². The van der Waals surface area contributed by atoms with Gasteiger partial charge >= 0.3 is 0 Å². The Balaban J connectivity index is 1.88. The summed E-state index contributed by atoms with van der Waals surface area (Å²) < 4.78 is 5.36. The molecule has 0 fully saturated rings. The summed E-state index contributed by atoms with van der Waals surface area (Å²) in [5, 5.41) is 3.01. The molecule has 1 N–H and O–H groups in total. The number of hydrogen-bond donors (Lipinski definition) is 1. The van der Waals surface area contributed by atoms with E-state index in [9.17, 15) is 9.59 Å². The second-order valence-electron chi connectivity index (χ2n) is 7.37. The molecule has 1 aliphatic rings. The molecule has 2 aromatic rings. The maximum Gasteiger partial charge on any atom is 0.255 e. The van der Waals surface area contributed by atoms with Crippen LogP contribution in [0.15, 0.2) is 48.5 Å². The number of methoxy groups -OCH3 is 1. The molecule has 1 heterocycles. The quantitative estimate of drug-likeness (QED) is 0.884. The van der Waals surface area contributed by atoms with E-state index in [0.717, 1.165) is 16.9 Å². The Hall–Kier alpha value is -2.82. The first-order chi connectivity index (χ1) is 12.9. The molecule has 5 nitrogen and oxygen atoms in total. The van der Waals surface area contributed by atoms with E-state index in [4.69, 9.17) is 4.74 Å². The lowest BCUT2D eigenvalue weighted by Crippen LogP contribution is -2.64. The molecule has 0 radical (unpaired) electrons. The number of fused-ring (bicyclic) bond motifs is 1. The minimum atomic E-state index is -0.943.